The lowest BCUT2D eigenvalue weighted by atomic mass is 9.81. The van der Waals surface area contributed by atoms with E-state index in [4.69, 9.17) is 9.47 Å². The van der Waals surface area contributed by atoms with Gasteiger partial charge in [-0.2, -0.15) is 0 Å². The predicted molar refractivity (Wildman–Crippen MR) is 49.3 cm³/mol. The fourth-order valence-corrected chi connectivity index (χ4v) is 1.83. The summed E-state index contributed by atoms with van der Waals surface area (Å²) in [6, 6.07) is 0. The Morgan fingerprint density at radius 3 is 2.92 bits per heavy atom. The van der Waals surface area contributed by atoms with E-state index in [2.05, 4.69) is 6.92 Å². The van der Waals surface area contributed by atoms with Gasteiger partial charge >= 0.3 is 0 Å². The van der Waals surface area contributed by atoms with E-state index in [1.54, 1.807) is 7.11 Å². The zero-order chi connectivity index (χ0) is 8.86. The lowest BCUT2D eigenvalue weighted by Crippen LogP contribution is -2.28. The molecular formula is C10H20O2. The molecule has 0 saturated carbocycles. The highest BCUT2D eigenvalue weighted by atomic mass is 16.5. The molecule has 1 rings (SSSR count). The third-order valence-electron chi connectivity index (χ3n) is 2.65. The largest absolute Gasteiger partial charge is 0.385 e. The van der Waals surface area contributed by atoms with Crippen molar-refractivity contribution in [1.29, 1.82) is 0 Å². The highest BCUT2D eigenvalue weighted by Crippen LogP contribution is 2.32. The number of ether oxygens (including phenoxy) is 2. The molecule has 1 heterocycles. The molecule has 12 heavy (non-hydrogen) atoms. The van der Waals surface area contributed by atoms with E-state index >= 15 is 0 Å². The van der Waals surface area contributed by atoms with Gasteiger partial charge in [-0.3, -0.25) is 0 Å². The third kappa shape index (κ3) is 3.11. The Balaban J connectivity index is 2.17. The molecule has 1 aliphatic heterocycles. The van der Waals surface area contributed by atoms with E-state index in [9.17, 15) is 0 Å². The van der Waals surface area contributed by atoms with Gasteiger partial charge in [-0.05, 0) is 31.1 Å². The van der Waals surface area contributed by atoms with Gasteiger partial charge in [-0.1, -0.05) is 6.92 Å². The lowest BCUT2D eigenvalue weighted by molar-refractivity contribution is -0.00588. The summed E-state index contributed by atoms with van der Waals surface area (Å²) in [5.74, 6) is 0. The van der Waals surface area contributed by atoms with Crippen molar-refractivity contribution in [2.24, 2.45) is 5.41 Å². The van der Waals surface area contributed by atoms with Gasteiger partial charge in [-0.25, -0.2) is 0 Å². The molecule has 1 fully saturated rings. The summed E-state index contributed by atoms with van der Waals surface area (Å²) < 4.78 is 10.5. The number of methoxy groups -OCH3 is 1. The summed E-state index contributed by atoms with van der Waals surface area (Å²) >= 11 is 0. The van der Waals surface area contributed by atoms with Crippen LogP contribution in [0.5, 0.6) is 0 Å². The lowest BCUT2D eigenvalue weighted by Gasteiger charge is -2.33. The minimum atomic E-state index is 0.427. The van der Waals surface area contributed by atoms with E-state index < -0.39 is 0 Å². The van der Waals surface area contributed by atoms with Crippen molar-refractivity contribution >= 4 is 0 Å². The summed E-state index contributed by atoms with van der Waals surface area (Å²) in [6.45, 7) is 5.11. The Morgan fingerprint density at radius 2 is 2.33 bits per heavy atom. The van der Waals surface area contributed by atoms with Crippen LogP contribution in [-0.4, -0.2) is 26.9 Å². The van der Waals surface area contributed by atoms with Crippen molar-refractivity contribution in [3.63, 3.8) is 0 Å². The molecule has 0 spiro atoms. The average Bonchev–Trinajstić information content (AvgIpc) is 2.06. The zero-order valence-corrected chi connectivity index (χ0v) is 8.27. The summed E-state index contributed by atoms with van der Waals surface area (Å²) in [7, 11) is 1.76. The van der Waals surface area contributed by atoms with Crippen molar-refractivity contribution in [3.8, 4) is 0 Å². The Morgan fingerprint density at radius 1 is 1.50 bits per heavy atom. The van der Waals surface area contributed by atoms with Crippen LogP contribution in [0.1, 0.15) is 32.6 Å². The van der Waals surface area contributed by atoms with Crippen molar-refractivity contribution in [3.05, 3.63) is 0 Å². The average molecular weight is 172 g/mol. The van der Waals surface area contributed by atoms with Crippen molar-refractivity contribution < 1.29 is 9.47 Å². The zero-order valence-electron chi connectivity index (χ0n) is 8.27. The molecule has 2 heteroatoms. The molecule has 1 atom stereocenters. The molecule has 0 aromatic heterocycles. The summed E-state index contributed by atoms with van der Waals surface area (Å²) in [6.07, 6.45) is 4.94. The number of hydrogen-bond donors (Lipinski definition) is 0. The third-order valence-corrected chi connectivity index (χ3v) is 2.65. The molecule has 0 aromatic carbocycles. The fourth-order valence-electron chi connectivity index (χ4n) is 1.83. The van der Waals surface area contributed by atoms with E-state index in [1.165, 1.54) is 19.3 Å². The summed E-state index contributed by atoms with van der Waals surface area (Å²) in [5, 5.41) is 0. The van der Waals surface area contributed by atoms with Gasteiger partial charge in [0.1, 0.15) is 0 Å². The Labute approximate surface area is 75.2 Å². The molecule has 0 bridgehead atoms. The highest BCUT2D eigenvalue weighted by Gasteiger charge is 2.26. The predicted octanol–water partition coefficient (Wildman–Crippen LogP) is 2.23. The minimum absolute atomic E-state index is 0.427. The molecule has 0 aromatic rings. The van der Waals surface area contributed by atoms with E-state index in [-0.39, 0.29) is 0 Å². The maximum Gasteiger partial charge on any atom is 0.0519 e. The minimum Gasteiger partial charge on any atom is -0.385 e. The first-order chi connectivity index (χ1) is 5.77. The topological polar surface area (TPSA) is 18.5 Å². The van der Waals surface area contributed by atoms with Gasteiger partial charge in [0.2, 0.25) is 0 Å². The van der Waals surface area contributed by atoms with Crippen LogP contribution in [-0.2, 0) is 9.47 Å². The van der Waals surface area contributed by atoms with Crippen LogP contribution < -0.4 is 0 Å². The smallest absolute Gasteiger partial charge is 0.0519 e. The SMILES string of the molecule is COCCCC1(C)CCCOC1. The monoisotopic (exact) mass is 172 g/mol. The van der Waals surface area contributed by atoms with Crippen LogP contribution in [0.2, 0.25) is 0 Å². The van der Waals surface area contributed by atoms with Crippen LogP contribution in [0, 0.1) is 5.41 Å². The Kier molecular flexibility index (Phi) is 4.02. The van der Waals surface area contributed by atoms with Gasteiger partial charge < -0.3 is 9.47 Å². The quantitative estimate of drug-likeness (QED) is 0.605. The van der Waals surface area contributed by atoms with Crippen LogP contribution in [0.4, 0.5) is 0 Å². The standard InChI is InChI=1S/C10H20O2/c1-10(5-3-7-11-2)6-4-8-12-9-10/h3-9H2,1-2H3. The van der Waals surface area contributed by atoms with Crippen LogP contribution >= 0.6 is 0 Å². The van der Waals surface area contributed by atoms with E-state index in [1.807, 2.05) is 0 Å². The second-order valence-corrected chi connectivity index (χ2v) is 4.06. The molecule has 1 unspecified atom stereocenters. The first kappa shape index (κ1) is 10.0. The molecule has 1 saturated heterocycles. The van der Waals surface area contributed by atoms with Crippen molar-refractivity contribution in [2.45, 2.75) is 32.6 Å². The van der Waals surface area contributed by atoms with Gasteiger partial charge in [0.15, 0.2) is 0 Å². The highest BCUT2D eigenvalue weighted by molar-refractivity contribution is 4.76. The van der Waals surface area contributed by atoms with Crippen molar-refractivity contribution in [1.82, 2.24) is 0 Å². The maximum atomic E-state index is 5.47. The maximum absolute atomic E-state index is 5.47. The molecule has 0 radical (unpaired) electrons. The number of rotatable bonds is 4. The molecule has 72 valence electrons. The Hall–Kier alpha value is -0.0800. The van der Waals surface area contributed by atoms with Crippen LogP contribution in [0.15, 0.2) is 0 Å². The first-order valence-corrected chi connectivity index (χ1v) is 4.83. The number of hydrogen-bond acceptors (Lipinski definition) is 2. The molecule has 0 amide bonds. The fraction of sp³-hybridized carbons (Fsp3) is 1.00. The summed E-state index contributed by atoms with van der Waals surface area (Å²) in [4.78, 5) is 0. The molecule has 1 aliphatic rings. The van der Waals surface area contributed by atoms with Crippen LogP contribution in [0.25, 0.3) is 0 Å². The van der Waals surface area contributed by atoms with Gasteiger partial charge in [0.05, 0.1) is 6.61 Å². The van der Waals surface area contributed by atoms with Gasteiger partial charge in [0, 0.05) is 20.3 Å². The summed E-state index contributed by atoms with van der Waals surface area (Å²) in [5.41, 5.74) is 0.427. The van der Waals surface area contributed by atoms with Gasteiger partial charge in [-0.15, -0.1) is 0 Å². The molecule has 0 N–H and O–H groups in total. The molecule has 0 aliphatic carbocycles. The van der Waals surface area contributed by atoms with Crippen molar-refractivity contribution in [2.75, 3.05) is 26.9 Å². The van der Waals surface area contributed by atoms with E-state index in [0.29, 0.717) is 5.41 Å². The second-order valence-electron chi connectivity index (χ2n) is 4.06. The normalized spacial score (nSPS) is 30.5. The van der Waals surface area contributed by atoms with E-state index in [0.717, 1.165) is 26.2 Å². The Bertz CT molecular complexity index is 117. The second kappa shape index (κ2) is 4.83. The molecular weight excluding hydrogens is 152 g/mol. The molecule has 2 nitrogen and oxygen atoms in total. The first-order valence-electron chi connectivity index (χ1n) is 4.83. The van der Waals surface area contributed by atoms with Gasteiger partial charge in [0.25, 0.3) is 0 Å². The van der Waals surface area contributed by atoms with Crippen LogP contribution in [0.3, 0.4) is 0 Å².